The van der Waals surface area contributed by atoms with Gasteiger partial charge < -0.3 is 15.4 Å². The average molecular weight is 376 g/mol. The maximum absolute atomic E-state index is 12.0. The average Bonchev–Trinajstić information content (AvgIpc) is 2.74. The van der Waals surface area contributed by atoms with Crippen molar-refractivity contribution in [3.63, 3.8) is 0 Å². The van der Waals surface area contributed by atoms with Gasteiger partial charge in [0.05, 0.1) is 24.1 Å². The van der Waals surface area contributed by atoms with Gasteiger partial charge in [-0.05, 0) is 18.6 Å². The van der Waals surface area contributed by atoms with E-state index < -0.39 is 5.97 Å². The summed E-state index contributed by atoms with van der Waals surface area (Å²) in [6.07, 6.45) is 2.15. The fourth-order valence-electron chi connectivity index (χ4n) is 2.74. The highest BCUT2D eigenvalue weighted by atomic mass is 16.5. The number of carbonyl (C=O) groups is 1. The maximum Gasteiger partial charge on any atom is 0.339 e. The molecule has 1 aromatic heterocycles. The Kier molecular flexibility index (Phi) is 6.57. The fourth-order valence-corrected chi connectivity index (χ4v) is 2.74. The highest BCUT2D eigenvalue weighted by Gasteiger charge is 2.13. The first kappa shape index (κ1) is 19.4. The summed E-state index contributed by atoms with van der Waals surface area (Å²) in [7, 11) is 1.36. The van der Waals surface area contributed by atoms with Crippen LogP contribution in [0.15, 0.2) is 60.7 Å². The monoisotopic (exact) mass is 376 g/mol. The molecule has 0 saturated carbocycles. The minimum Gasteiger partial charge on any atom is -0.465 e. The Balaban J connectivity index is 1.96. The van der Waals surface area contributed by atoms with Gasteiger partial charge in [-0.1, -0.05) is 55.8 Å². The lowest BCUT2D eigenvalue weighted by molar-refractivity contribution is 0.0602. The van der Waals surface area contributed by atoms with Gasteiger partial charge in [0, 0.05) is 18.2 Å². The number of nitrogens with one attached hydrogen (secondary N) is 2. The van der Waals surface area contributed by atoms with Crippen LogP contribution in [-0.2, 0) is 4.74 Å². The zero-order valence-electron chi connectivity index (χ0n) is 16.1. The zero-order valence-corrected chi connectivity index (χ0v) is 16.1. The van der Waals surface area contributed by atoms with Gasteiger partial charge in [0.1, 0.15) is 5.82 Å². The standard InChI is InChI=1S/C22H24N4O2/c1-3-4-14-23-20-15-19(16-10-6-5-7-11-16)25-22(26-20)24-18-13-9-8-12-17(18)21(27)28-2/h5-13,15H,3-4,14H2,1-2H3,(H2,23,24,25,26). The largest absolute Gasteiger partial charge is 0.465 e. The van der Waals surface area contributed by atoms with Crippen LogP contribution in [0.25, 0.3) is 11.3 Å². The molecule has 0 aliphatic carbocycles. The van der Waals surface area contributed by atoms with Crippen molar-refractivity contribution >= 4 is 23.4 Å². The van der Waals surface area contributed by atoms with Crippen molar-refractivity contribution in [2.45, 2.75) is 19.8 Å². The zero-order chi connectivity index (χ0) is 19.8. The van der Waals surface area contributed by atoms with E-state index in [1.54, 1.807) is 18.2 Å². The second kappa shape index (κ2) is 9.50. The molecule has 6 nitrogen and oxygen atoms in total. The summed E-state index contributed by atoms with van der Waals surface area (Å²) in [6.45, 7) is 2.98. The Labute approximate surface area is 165 Å². The second-order valence-corrected chi connectivity index (χ2v) is 6.27. The molecule has 0 saturated heterocycles. The third-order valence-corrected chi connectivity index (χ3v) is 4.21. The number of aromatic nitrogens is 2. The first-order chi connectivity index (χ1) is 13.7. The smallest absolute Gasteiger partial charge is 0.339 e. The molecule has 6 heteroatoms. The summed E-state index contributed by atoms with van der Waals surface area (Å²) >= 11 is 0. The number of hydrogen-bond donors (Lipinski definition) is 2. The number of para-hydroxylation sites is 1. The number of ether oxygens (including phenoxy) is 1. The van der Waals surface area contributed by atoms with Crippen molar-refractivity contribution in [1.82, 2.24) is 9.97 Å². The van der Waals surface area contributed by atoms with Gasteiger partial charge in [0.2, 0.25) is 5.95 Å². The third-order valence-electron chi connectivity index (χ3n) is 4.21. The van der Waals surface area contributed by atoms with Crippen molar-refractivity contribution in [3.05, 3.63) is 66.2 Å². The predicted molar refractivity (Wildman–Crippen MR) is 112 cm³/mol. The Hall–Kier alpha value is -3.41. The van der Waals surface area contributed by atoms with Crippen LogP contribution in [0.5, 0.6) is 0 Å². The van der Waals surface area contributed by atoms with E-state index in [4.69, 9.17) is 4.74 Å². The molecule has 0 aliphatic heterocycles. The van der Waals surface area contributed by atoms with Gasteiger partial charge in [-0.25, -0.2) is 9.78 Å². The highest BCUT2D eigenvalue weighted by molar-refractivity contribution is 5.96. The van der Waals surface area contributed by atoms with Gasteiger partial charge in [0.15, 0.2) is 0 Å². The van der Waals surface area contributed by atoms with Crippen LogP contribution in [0, 0.1) is 0 Å². The molecule has 0 atom stereocenters. The Morgan fingerprint density at radius 1 is 1.04 bits per heavy atom. The van der Waals surface area contributed by atoms with Crippen LogP contribution in [0.2, 0.25) is 0 Å². The molecule has 0 bridgehead atoms. The number of rotatable bonds is 8. The molecule has 3 aromatic rings. The lowest BCUT2D eigenvalue weighted by atomic mass is 10.1. The number of esters is 1. The van der Waals surface area contributed by atoms with E-state index >= 15 is 0 Å². The molecule has 0 radical (unpaired) electrons. The highest BCUT2D eigenvalue weighted by Crippen LogP contribution is 2.25. The van der Waals surface area contributed by atoms with E-state index in [-0.39, 0.29) is 0 Å². The molecule has 2 aromatic carbocycles. The van der Waals surface area contributed by atoms with Crippen LogP contribution in [0.1, 0.15) is 30.1 Å². The van der Waals surface area contributed by atoms with Gasteiger partial charge in [-0.15, -0.1) is 0 Å². The first-order valence-electron chi connectivity index (χ1n) is 9.34. The summed E-state index contributed by atoms with van der Waals surface area (Å²) < 4.78 is 4.86. The van der Waals surface area contributed by atoms with Crippen molar-refractivity contribution in [1.29, 1.82) is 0 Å². The quantitative estimate of drug-likeness (QED) is 0.431. The number of benzene rings is 2. The fraction of sp³-hybridized carbons (Fsp3) is 0.227. The van der Waals surface area contributed by atoms with Crippen molar-refractivity contribution in [3.8, 4) is 11.3 Å². The summed E-state index contributed by atoms with van der Waals surface area (Å²) in [6, 6.07) is 19.0. The van der Waals surface area contributed by atoms with E-state index in [1.807, 2.05) is 42.5 Å². The first-order valence-corrected chi connectivity index (χ1v) is 9.34. The Morgan fingerprint density at radius 3 is 2.54 bits per heavy atom. The van der Waals surface area contributed by atoms with Gasteiger partial charge in [0.25, 0.3) is 0 Å². The number of anilines is 3. The van der Waals surface area contributed by atoms with E-state index in [0.29, 0.717) is 17.2 Å². The third kappa shape index (κ3) is 4.85. The topological polar surface area (TPSA) is 76.1 Å². The van der Waals surface area contributed by atoms with Crippen LogP contribution >= 0.6 is 0 Å². The van der Waals surface area contributed by atoms with E-state index in [2.05, 4.69) is 27.5 Å². The Morgan fingerprint density at radius 2 is 1.79 bits per heavy atom. The van der Waals surface area contributed by atoms with Crippen molar-refractivity contribution in [2.75, 3.05) is 24.3 Å². The molecule has 0 fully saturated rings. The summed E-state index contributed by atoms with van der Waals surface area (Å²) in [4.78, 5) is 21.2. The van der Waals surface area contributed by atoms with Crippen LogP contribution in [0.3, 0.4) is 0 Å². The molecular weight excluding hydrogens is 352 g/mol. The number of nitrogens with zero attached hydrogens (tertiary/aromatic N) is 2. The minimum atomic E-state index is -0.413. The molecule has 0 unspecified atom stereocenters. The molecule has 0 aliphatic rings. The molecule has 0 spiro atoms. The van der Waals surface area contributed by atoms with Crippen LogP contribution in [-0.4, -0.2) is 29.6 Å². The number of carbonyl (C=O) groups excluding carboxylic acids is 1. The van der Waals surface area contributed by atoms with Gasteiger partial charge >= 0.3 is 5.97 Å². The van der Waals surface area contributed by atoms with Crippen LogP contribution in [0.4, 0.5) is 17.5 Å². The number of methoxy groups -OCH3 is 1. The summed E-state index contributed by atoms with van der Waals surface area (Å²) in [5.74, 6) is 0.737. The van der Waals surface area contributed by atoms with E-state index in [9.17, 15) is 4.79 Å². The molecule has 28 heavy (non-hydrogen) atoms. The maximum atomic E-state index is 12.0. The van der Waals surface area contributed by atoms with Crippen molar-refractivity contribution < 1.29 is 9.53 Å². The molecule has 144 valence electrons. The predicted octanol–water partition coefficient (Wildman–Crippen LogP) is 4.89. The summed E-state index contributed by atoms with van der Waals surface area (Å²) in [5, 5.41) is 6.51. The molecule has 0 amide bonds. The van der Waals surface area contributed by atoms with Crippen molar-refractivity contribution in [2.24, 2.45) is 0 Å². The molecular formula is C22H24N4O2. The molecule has 3 rings (SSSR count). The van der Waals surface area contributed by atoms with Crippen LogP contribution < -0.4 is 10.6 Å². The van der Waals surface area contributed by atoms with Gasteiger partial charge in [-0.3, -0.25) is 0 Å². The van der Waals surface area contributed by atoms with E-state index in [0.717, 1.165) is 36.5 Å². The normalized spacial score (nSPS) is 10.4. The lowest BCUT2D eigenvalue weighted by Gasteiger charge is -2.13. The van der Waals surface area contributed by atoms with Gasteiger partial charge in [-0.2, -0.15) is 4.98 Å². The van der Waals surface area contributed by atoms with E-state index in [1.165, 1.54) is 7.11 Å². The lowest BCUT2D eigenvalue weighted by Crippen LogP contribution is -2.09. The second-order valence-electron chi connectivity index (χ2n) is 6.27. The number of unbranched alkanes of at least 4 members (excludes halogenated alkanes) is 1. The SMILES string of the molecule is CCCCNc1cc(-c2ccccc2)nc(Nc2ccccc2C(=O)OC)n1. The molecule has 1 heterocycles. The minimum absolute atomic E-state index is 0.413. The Bertz CT molecular complexity index is 929. The number of hydrogen-bond acceptors (Lipinski definition) is 6. The molecule has 2 N–H and O–H groups in total. The summed E-state index contributed by atoms with van der Waals surface area (Å²) in [5.41, 5.74) is 2.82.